The number of rotatable bonds is 4. The third kappa shape index (κ3) is 4.35. The molecule has 138 valence electrons. The molecule has 1 N–H and O–H groups in total. The van der Waals surface area contributed by atoms with Gasteiger partial charge >= 0.3 is 0 Å². The highest BCUT2D eigenvalue weighted by molar-refractivity contribution is 6.43. The number of aryl methyl sites for hydroxylation is 1. The minimum absolute atomic E-state index is 0.153. The van der Waals surface area contributed by atoms with E-state index in [0.29, 0.717) is 48.3 Å². The summed E-state index contributed by atoms with van der Waals surface area (Å²) in [4.78, 5) is 28.4. The van der Waals surface area contributed by atoms with Crippen LogP contribution in [-0.4, -0.2) is 59.5 Å². The normalized spacial score (nSPS) is 15.1. The molecule has 0 unspecified atom stereocenters. The van der Waals surface area contributed by atoms with Crippen molar-refractivity contribution in [1.29, 1.82) is 0 Å². The molecule has 1 aromatic heterocycles. The van der Waals surface area contributed by atoms with Crippen molar-refractivity contribution in [3.05, 3.63) is 45.6 Å². The number of amides is 2. The van der Waals surface area contributed by atoms with Gasteiger partial charge in [-0.3, -0.25) is 14.5 Å². The summed E-state index contributed by atoms with van der Waals surface area (Å²) in [7, 11) is 0. The first kappa shape index (κ1) is 18.7. The standard InChI is InChI=1S/C17H18Cl2N4O3/c1-11-9-14(21-26-11)20-15(24)10-22-5-7-23(8-6-22)17(25)12-3-2-4-13(18)16(12)19/h2-4,9H,5-8,10H2,1H3,(H,20,21,24). The summed E-state index contributed by atoms with van der Waals surface area (Å²) in [6, 6.07) is 6.67. The van der Waals surface area contributed by atoms with E-state index in [1.54, 1.807) is 36.1 Å². The molecule has 0 atom stereocenters. The van der Waals surface area contributed by atoms with Gasteiger partial charge < -0.3 is 14.7 Å². The zero-order chi connectivity index (χ0) is 18.7. The second-order valence-corrected chi connectivity index (χ2v) is 6.83. The molecule has 0 aliphatic carbocycles. The lowest BCUT2D eigenvalue weighted by Gasteiger charge is -2.34. The van der Waals surface area contributed by atoms with Gasteiger partial charge in [-0.25, -0.2) is 0 Å². The molecule has 0 radical (unpaired) electrons. The number of anilines is 1. The number of carbonyl (C=O) groups is 2. The zero-order valence-electron chi connectivity index (χ0n) is 14.2. The van der Waals surface area contributed by atoms with Gasteiger partial charge in [0.05, 0.1) is 22.2 Å². The predicted molar refractivity (Wildman–Crippen MR) is 98.7 cm³/mol. The van der Waals surface area contributed by atoms with Crippen molar-refractivity contribution in [2.24, 2.45) is 0 Å². The predicted octanol–water partition coefficient (Wildman–Crippen LogP) is 2.69. The van der Waals surface area contributed by atoms with Gasteiger partial charge in [-0.1, -0.05) is 34.4 Å². The van der Waals surface area contributed by atoms with E-state index in [2.05, 4.69) is 10.5 Å². The lowest BCUT2D eigenvalue weighted by Crippen LogP contribution is -2.50. The Morgan fingerprint density at radius 1 is 1.23 bits per heavy atom. The number of halogens is 2. The molecule has 0 saturated carbocycles. The second kappa shape index (κ2) is 8.07. The Hall–Kier alpha value is -2.09. The number of hydrogen-bond acceptors (Lipinski definition) is 5. The molecule has 7 nitrogen and oxygen atoms in total. The molecule has 1 saturated heterocycles. The molecule has 3 rings (SSSR count). The van der Waals surface area contributed by atoms with Gasteiger partial charge in [-0.15, -0.1) is 0 Å². The van der Waals surface area contributed by atoms with Crippen LogP contribution >= 0.6 is 23.2 Å². The maximum atomic E-state index is 12.6. The highest BCUT2D eigenvalue weighted by Crippen LogP contribution is 2.26. The molecule has 0 spiro atoms. The molecule has 2 aromatic rings. The first-order chi connectivity index (χ1) is 12.4. The van der Waals surface area contributed by atoms with Crippen molar-refractivity contribution in [2.75, 3.05) is 38.0 Å². The van der Waals surface area contributed by atoms with E-state index in [-0.39, 0.29) is 23.4 Å². The minimum atomic E-state index is -0.170. The third-order valence-corrected chi connectivity index (χ3v) is 4.92. The van der Waals surface area contributed by atoms with Crippen LogP contribution in [0.4, 0.5) is 5.82 Å². The average Bonchev–Trinajstić information content (AvgIpc) is 3.02. The lowest BCUT2D eigenvalue weighted by atomic mass is 10.1. The number of aromatic nitrogens is 1. The van der Waals surface area contributed by atoms with Gasteiger partial charge in [0.2, 0.25) is 5.91 Å². The molecule has 2 amide bonds. The Kier molecular flexibility index (Phi) is 5.80. The summed E-state index contributed by atoms with van der Waals surface area (Å²) in [5.74, 6) is 0.708. The fourth-order valence-electron chi connectivity index (χ4n) is 2.76. The van der Waals surface area contributed by atoms with Crippen LogP contribution in [0, 0.1) is 6.92 Å². The van der Waals surface area contributed by atoms with E-state index < -0.39 is 0 Å². The third-order valence-electron chi connectivity index (χ3n) is 4.10. The number of nitrogens with one attached hydrogen (secondary N) is 1. The Balaban J connectivity index is 1.51. The SMILES string of the molecule is Cc1cc(NC(=O)CN2CCN(C(=O)c3cccc(Cl)c3Cl)CC2)no1. The zero-order valence-corrected chi connectivity index (χ0v) is 15.7. The first-order valence-corrected chi connectivity index (χ1v) is 8.88. The van der Waals surface area contributed by atoms with Crippen LogP contribution < -0.4 is 5.32 Å². The quantitative estimate of drug-likeness (QED) is 0.859. The summed E-state index contributed by atoms with van der Waals surface area (Å²) < 4.78 is 4.91. The van der Waals surface area contributed by atoms with E-state index in [9.17, 15) is 9.59 Å². The number of carbonyl (C=O) groups excluding carboxylic acids is 2. The monoisotopic (exact) mass is 396 g/mol. The maximum Gasteiger partial charge on any atom is 0.255 e. The van der Waals surface area contributed by atoms with Gasteiger partial charge in [0, 0.05) is 32.2 Å². The number of piperazine rings is 1. The topological polar surface area (TPSA) is 78.7 Å². The van der Waals surface area contributed by atoms with E-state index in [1.165, 1.54) is 0 Å². The number of nitrogens with zero attached hydrogens (tertiary/aromatic N) is 3. The van der Waals surface area contributed by atoms with E-state index in [4.69, 9.17) is 27.7 Å². The summed E-state index contributed by atoms with van der Waals surface area (Å²) in [5.41, 5.74) is 0.395. The molecule has 2 heterocycles. The van der Waals surface area contributed by atoms with Gasteiger partial charge in [-0.2, -0.15) is 0 Å². The molecule has 1 aromatic carbocycles. The highest BCUT2D eigenvalue weighted by atomic mass is 35.5. The van der Waals surface area contributed by atoms with Gasteiger partial charge in [0.15, 0.2) is 5.82 Å². The van der Waals surface area contributed by atoms with Gasteiger partial charge in [0.1, 0.15) is 5.76 Å². The molecule has 1 aliphatic heterocycles. The van der Waals surface area contributed by atoms with Crippen LogP contribution in [0.2, 0.25) is 10.0 Å². The first-order valence-electron chi connectivity index (χ1n) is 8.13. The van der Waals surface area contributed by atoms with Crippen LogP contribution in [0.25, 0.3) is 0 Å². The van der Waals surface area contributed by atoms with Crippen LogP contribution in [-0.2, 0) is 4.79 Å². The van der Waals surface area contributed by atoms with E-state index in [0.717, 1.165) is 0 Å². The summed E-state index contributed by atoms with van der Waals surface area (Å²) >= 11 is 12.1. The van der Waals surface area contributed by atoms with Crippen molar-refractivity contribution in [1.82, 2.24) is 15.0 Å². The highest BCUT2D eigenvalue weighted by Gasteiger charge is 2.25. The molecular weight excluding hydrogens is 379 g/mol. The fraction of sp³-hybridized carbons (Fsp3) is 0.353. The Morgan fingerprint density at radius 3 is 2.62 bits per heavy atom. The molecule has 9 heteroatoms. The summed E-state index contributed by atoms with van der Waals surface area (Å²) in [5, 5.41) is 7.04. The largest absolute Gasteiger partial charge is 0.360 e. The smallest absolute Gasteiger partial charge is 0.255 e. The molecule has 26 heavy (non-hydrogen) atoms. The Morgan fingerprint density at radius 2 is 1.96 bits per heavy atom. The van der Waals surface area contributed by atoms with Crippen LogP contribution in [0.1, 0.15) is 16.1 Å². The summed E-state index contributed by atoms with van der Waals surface area (Å²) in [6.07, 6.45) is 0. The van der Waals surface area contributed by atoms with E-state index >= 15 is 0 Å². The lowest BCUT2D eigenvalue weighted by molar-refractivity contribution is -0.117. The van der Waals surface area contributed by atoms with Crippen LogP contribution in [0.5, 0.6) is 0 Å². The fourth-order valence-corrected chi connectivity index (χ4v) is 3.14. The number of hydrogen-bond donors (Lipinski definition) is 1. The molecule has 0 bridgehead atoms. The van der Waals surface area contributed by atoms with Crippen molar-refractivity contribution in [3.63, 3.8) is 0 Å². The van der Waals surface area contributed by atoms with Crippen molar-refractivity contribution in [3.8, 4) is 0 Å². The number of benzene rings is 1. The Labute approximate surface area is 160 Å². The van der Waals surface area contributed by atoms with Crippen LogP contribution in [0.3, 0.4) is 0 Å². The van der Waals surface area contributed by atoms with Crippen molar-refractivity contribution in [2.45, 2.75) is 6.92 Å². The molecule has 1 aliphatic rings. The van der Waals surface area contributed by atoms with Gasteiger partial charge in [0.25, 0.3) is 5.91 Å². The minimum Gasteiger partial charge on any atom is -0.360 e. The Bertz CT molecular complexity index is 816. The maximum absolute atomic E-state index is 12.6. The average molecular weight is 397 g/mol. The second-order valence-electron chi connectivity index (χ2n) is 6.04. The van der Waals surface area contributed by atoms with Crippen molar-refractivity contribution >= 4 is 40.8 Å². The van der Waals surface area contributed by atoms with E-state index in [1.807, 2.05) is 4.90 Å². The van der Waals surface area contributed by atoms with Gasteiger partial charge in [-0.05, 0) is 19.1 Å². The summed E-state index contributed by atoms with van der Waals surface area (Å²) in [6.45, 7) is 4.19. The van der Waals surface area contributed by atoms with Crippen molar-refractivity contribution < 1.29 is 14.1 Å². The molecular formula is C17H18Cl2N4O3. The van der Waals surface area contributed by atoms with Crippen LogP contribution in [0.15, 0.2) is 28.8 Å². The molecule has 1 fully saturated rings.